The van der Waals surface area contributed by atoms with Gasteiger partial charge >= 0.3 is 6.09 Å². The molecule has 1 heterocycles. The van der Waals surface area contributed by atoms with Crippen LogP contribution in [0.15, 0.2) is 18.2 Å². The summed E-state index contributed by atoms with van der Waals surface area (Å²) in [7, 11) is 1.44. The van der Waals surface area contributed by atoms with E-state index in [1.165, 1.54) is 24.1 Å². The van der Waals surface area contributed by atoms with Gasteiger partial charge in [-0.05, 0) is 52.3 Å². The molecule has 1 aromatic carbocycles. The molecule has 1 N–H and O–H groups in total. The van der Waals surface area contributed by atoms with Crippen molar-refractivity contribution >= 4 is 17.5 Å². The van der Waals surface area contributed by atoms with Gasteiger partial charge in [0.1, 0.15) is 17.0 Å². The Morgan fingerprint density at radius 2 is 2.12 bits per heavy atom. The van der Waals surface area contributed by atoms with E-state index in [2.05, 4.69) is 5.32 Å². The van der Waals surface area contributed by atoms with Crippen LogP contribution in [0.1, 0.15) is 33.6 Å². The van der Waals surface area contributed by atoms with Gasteiger partial charge in [0, 0.05) is 6.54 Å². The van der Waals surface area contributed by atoms with Crippen LogP contribution in [-0.2, 0) is 4.74 Å². The first-order valence-electron chi connectivity index (χ1n) is 8.28. The second-order valence-corrected chi connectivity index (χ2v) is 6.96. The molecule has 0 spiro atoms. The number of nitrogens with one attached hydrogen (secondary N) is 1. The number of nitro benzene ring substituents is 1. The standard InChI is InChI=1S/C17H25N3O5/c1-17(2,3)25-16(21)19(12-6-5-9-18-11-12)14-8-7-13(24-4)10-15(14)20(22)23/h7-8,10,12,18H,5-6,9,11H2,1-4H3. The molecule has 1 aliphatic rings. The van der Waals surface area contributed by atoms with E-state index in [0.717, 1.165) is 19.4 Å². The lowest BCUT2D eigenvalue weighted by Crippen LogP contribution is -2.50. The second kappa shape index (κ2) is 7.69. The number of amides is 1. The van der Waals surface area contributed by atoms with Gasteiger partial charge in [-0.25, -0.2) is 4.79 Å². The van der Waals surface area contributed by atoms with E-state index in [4.69, 9.17) is 9.47 Å². The molecule has 0 radical (unpaired) electrons. The van der Waals surface area contributed by atoms with Gasteiger partial charge in [-0.2, -0.15) is 0 Å². The molecule has 1 aromatic rings. The molecule has 138 valence electrons. The highest BCUT2D eigenvalue weighted by Gasteiger charge is 2.34. The van der Waals surface area contributed by atoms with E-state index in [9.17, 15) is 14.9 Å². The minimum atomic E-state index is -0.696. The minimum Gasteiger partial charge on any atom is -0.496 e. The van der Waals surface area contributed by atoms with Gasteiger partial charge in [0.15, 0.2) is 0 Å². The number of carbonyl (C=O) groups excluding carboxylic acids is 1. The van der Waals surface area contributed by atoms with E-state index in [1.807, 2.05) is 0 Å². The summed E-state index contributed by atoms with van der Waals surface area (Å²) in [5.41, 5.74) is -0.664. The molecule has 1 amide bonds. The lowest BCUT2D eigenvalue weighted by molar-refractivity contribution is -0.384. The number of methoxy groups -OCH3 is 1. The Balaban J connectivity index is 2.47. The van der Waals surface area contributed by atoms with E-state index in [-0.39, 0.29) is 17.4 Å². The summed E-state index contributed by atoms with van der Waals surface area (Å²) in [6.07, 6.45) is 1.04. The first kappa shape index (κ1) is 19.0. The van der Waals surface area contributed by atoms with Crippen molar-refractivity contribution in [1.82, 2.24) is 5.32 Å². The van der Waals surface area contributed by atoms with Crippen molar-refractivity contribution in [3.63, 3.8) is 0 Å². The third-order valence-electron chi connectivity index (χ3n) is 3.87. The monoisotopic (exact) mass is 351 g/mol. The van der Waals surface area contributed by atoms with E-state index < -0.39 is 16.6 Å². The first-order valence-corrected chi connectivity index (χ1v) is 8.28. The average Bonchev–Trinajstić information content (AvgIpc) is 2.54. The molecule has 1 unspecified atom stereocenters. The van der Waals surface area contributed by atoms with Gasteiger partial charge in [0.05, 0.1) is 24.1 Å². The number of rotatable bonds is 4. The zero-order chi connectivity index (χ0) is 18.6. The minimum absolute atomic E-state index is 0.184. The van der Waals surface area contributed by atoms with Crippen LogP contribution in [0.3, 0.4) is 0 Å². The summed E-state index contributed by atoms with van der Waals surface area (Å²) in [5, 5.41) is 14.8. The Morgan fingerprint density at radius 1 is 1.40 bits per heavy atom. The van der Waals surface area contributed by atoms with Gasteiger partial charge in [-0.3, -0.25) is 15.0 Å². The number of piperidine rings is 1. The van der Waals surface area contributed by atoms with Crippen molar-refractivity contribution in [2.24, 2.45) is 0 Å². The lowest BCUT2D eigenvalue weighted by atomic mass is 10.0. The van der Waals surface area contributed by atoms with Crippen LogP contribution in [0.5, 0.6) is 5.75 Å². The predicted octanol–water partition coefficient (Wildman–Crippen LogP) is 3.10. The number of nitrogens with zero attached hydrogens (tertiary/aromatic N) is 2. The Kier molecular flexibility index (Phi) is 5.84. The quantitative estimate of drug-likeness (QED) is 0.662. The van der Waals surface area contributed by atoms with Crippen LogP contribution in [0, 0.1) is 10.1 Å². The number of benzene rings is 1. The van der Waals surface area contributed by atoms with Gasteiger partial charge in [-0.1, -0.05) is 0 Å². The molecule has 0 aliphatic carbocycles. The van der Waals surface area contributed by atoms with Crippen LogP contribution in [-0.4, -0.2) is 42.9 Å². The van der Waals surface area contributed by atoms with Gasteiger partial charge < -0.3 is 14.8 Å². The van der Waals surface area contributed by atoms with Crippen molar-refractivity contribution in [3.05, 3.63) is 28.3 Å². The molecule has 8 nitrogen and oxygen atoms in total. The zero-order valence-electron chi connectivity index (χ0n) is 15.1. The molecule has 1 saturated heterocycles. The zero-order valence-corrected chi connectivity index (χ0v) is 15.1. The third-order valence-corrected chi connectivity index (χ3v) is 3.87. The van der Waals surface area contributed by atoms with Gasteiger partial charge in [0.2, 0.25) is 0 Å². The van der Waals surface area contributed by atoms with Crippen molar-refractivity contribution in [2.45, 2.75) is 45.3 Å². The maximum absolute atomic E-state index is 12.8. The number of carbonyl (C=O) groups is 1. The molecule has 1 fully saturated rings. The number of anilines is 1. The molecule has 25 heavy (non-hydrogen) atoms. The van der Waals surface area contributed by atoms with E-state index in [0.29, 0.717) is 12.3 Å². The number of hydrogen-bond acceptors (Lipinski definition) is 6. The summed E-state index contributed by atoms with van der Waals surface area (Å²) in [4.78, 5) is 25.2. The Labute approximate surface area is 147 Å². The van der Waals surface area contributed by atoms with Crippen LogP contribution in [0.2, 0.25) is 0 Å². The molecular formula is C17H25N3O5. The summed E-state index contributed by atoms with van der Waals surface area (Å²) in [5.74, 6) is 0.362. The molecule has 2 rings (SSSR count). The fourth-order valence-electron chi connectivity index (χ4n) is 2.79. The SMILES string of the molecule is COc1ccc(N(C(=O)OC(C)(C)C)C2CCCNC2)c([N+](=O)[O-])c1. The van der Waals surface area contributed by atoms with Crippen molar-refractivity contribution in [3.8, 4) is 5.75 Å². The average molecular weight is 351 g/mol. The first-order chi connectivity index (χ1) is 11.7. The van der Waals surface area contributed by atoms with Crippen LogP contribution in [0.25, 0.3) is 0 Å². The molecule has 0 bridgehead atoms. The smallest absolute Gasteiger partial charge is 0.415 e. The fraction of sp³-hybridized carbons (Fsp3) is 0.588. The van der Waals surface area contributed by atoms with Crippen molar-refractivity contribution in [2.75, 3.05) is 25.1 Å². The van der Waals surface area contributed by atoms with Crippen LogP contribution in [0.4, 0.5) is 16.2 Å². The number of hydrogen-bond donors (Lipinski definition) is 1. The van der Waals surface area contributed by atoms with Crippen LogP contribution >= 0.6 is 0 Å². The molecule has 0 aromatic heterocycles. The lowest BCUT2D eigenvalue weighted by Gasteiger charge is -2.35. The highest BCUT2D eigenvalue weighted by Crippen LogP contribution is 2.35. The predicted molar refractivity (Wildman–Crippen MR) is 94.3 cm³/mol. The largest absolute Gasteiger partial charge is 0.496 e. The molecule has 1 aliphatic heterocycles. The highest BCUT2D eigenvalue weighted by molar-refractivity contribution is 5.92. The molecule has 8 heteroatoms. The molecule has 1 atom stereocenters. The Bertz CT molecular complexity index is 636. The Morgan fingerprint density at radius 3 is 2.64 bits per heavy atom. The van der Waals surface area contributed by atoms with Crippen molar-refractivity contribution < 1.29 is 19.2 Å². The normalized spacial score (nSPS) is 17.7. The maximum atomic E-state index is 12.8. The summed E-state index contributed by atoms with van der Waals surface area (Å²) in [6.45, 7) is 6.73. The summed E-state index contributed by atoms with van der Waals surface area (Å²) < 4.78 is 10.6. The molecule has 0 saturated carbocycles. The van der Waals surface area contributed by atoms with Crippen molar-refractivity contribution in [1.29, 1.82) is 0 Å². The van der Waals surface area contributed by atoms with E-state index in [1.54, 1.807) is 26.8 Å². The fourth-order valence-corrected chi connectivity index (χ4v) is 2.79. The highest BCUT2D eigenvalue weighted by atomic mass is 16.6. The molecular weight excluding hydrogens is 326 g/mol. The summed E-state index contributed by atoms with van der Waals surface area (Å²) in [6, 6.07) is 4.25. The third kappa shape index (κ3) is 4.82. The maximum Gasteiger partial charge on any atom is 0.415 e. The summed E-state index contributed by atoms with van der Waals surface area (Å²) >= 11 is 0. The number of nitro groups is 1. The second-order valence-electron chi connectivity index (χ2n) is 6.96. The topological polar surface area (TPSA) is 93.9 Å². The van der Waals surface area contributed by atoms with Gasteiger partial charge in [-0.15, -0.1) is 0 Å². The van der Waals surface area contributed by atoms with E-state index >= 15 is 0 Å². The van der Waals surface area contributed by atoms with Gasteiger partial charge in [0.25, 0.3) is 5.69 Å². The Hall–Kier alpha value is -2.35. The number of ether oxygens (including phenoxy) is 2. The van der Waals surface area contributed by atoms with Crippen LogP contribution < -0.4 is 15.0 Å².